The Morgan fingerprint density at radius 2 is 2.04 bits per heavy atom. The Hall–Kier alpha value is -2.28. The number of carbonyl (C=O) groups is 1. The Balaban J connectivity index is 2.07. The van der Waals surface area contributed by atoms with Crippen LogP contribution in [0.5, 0.6) is 0 Å². The standard InChI is InChI=1S/C21H25NO3/c1-4-25-21(24)18-14(2)12-17-19(18)16(13-22(3)20(17)23)11-10-15-8-6-5-7-9-15/h13,15H,4-9,12H2,1-3H3. The number of carbonyl (C=O) groups excluding carboxylic acids is 1. The van der Waals surface area contributed by atoms with E-state index in [9.17, 15) is 9.59 Å². The fraction of sp³-hybridized carbons (Fsp3) is 0.524. The fourth-order valence-corrected chi connectivity index (χ4v) is 3.82. The number of nitrogens with zero attached hydrogens (tertiary/aromatic N) is 1. The largest absolute Gasteiger partial charge is 0.462 e. The first-order valence-corrected chi connectivity index (χ1v) is 9.14. The topological polar surface area (TPSA) is 48.3 Å². The number of ether oxygens (including phenoxy) is 1. The molecule has 0 atom stereocenters. The van der Waals surface area contributed by atoms with Crippen molar-refractivity contribution in [3.63, 3.8) is 0 Å². The summed E-state index contributed by atoms with van der Waals surface area (Å²) in [7, 11) is 1.74. The van der Waals surface area contributed by atoms with Crippen LogP contribution in [-0.2, 0) is 23.0 Å². The van der Waals surface area contributed by atoms with Gasteiger partial charge in [0.25, 0.3) is 5.56 Å². The molecule has 1 aromatic rings. The van der Waals surface area contributed by atoms with Gasteiger partial charge in [0.15, 0.2) is 0 Å². The molecule has 0 unspecified atom stereocenters. The van der Waals surface area contributed by atoms with Crippen molar-refractivity contribution in [2.75, 3.05) is 6.61 Å². The van der Waals surface area contributed by atoms with Crippen molar-refractivity contribution in [2.45, 2.75) is 52.4 Å². The third-order valence-electron chi connectivity index (χ3n) is 5.09. The van der Waals surface area contributed by atoms with Crippen LogP contribution in [0.15, 0.2) is 16.6 Å². The maximum absolute atomic E-state index is 12.5. The number of esters is 1. The molecule has 2 aliphatic carbocycles. The van der Waals surface area contributed by atoms with Crippen molar-refractivity contribution < 1.29 is 9.53 Å². The summed E-state index contributed by atoms with van der Waals surface area (Å²) >= 11 is 0. The van der Waals surface area contributed by atoms with Gasteiger partial charge in [-0.15, -0.1) is 0 Å². The first kappa shape index (κ1) is 17.5. The van der Waals surface area contributed by atoms with E-state index in [4.69, 9.17) is 4.74 Å². The zero-order valence-corrected chi connectivity index (χ0v) is 15.3. The predicted molar refractivity (Wildman–Crippen MR) is 98.1 cm³/mol. The summed E-state index contributed by atoms with van der Waals surface area (Å²) in [6, 6.07) is 0. The number of pyridine rings is 1. The lowest BCUT2D eigenvalue weighted by molar-refractivity contribution is -0.136. The molecule has 4 nitrogen and oxygen atoms in total. The molecule has 0 aromatic carbocycles. The van der Waals surface area contributed by atoms with Crippen LogP contribution >= 0.6 is 0 Å². The van der Waals surface area contributed by atoms with Gasteiger partial charge in [-0.25, -0.2) is 4.79 Å². The number of fused-ring (bicyclic) bond motifs is 1. The van der Waals surface area contributed by atoms with Crippen molar-refractivity contribution in [3.8, 4) is 11.8 Å². The van der Waals surface area contributed by atoms with Crippen LogP contribution < -0.4 is 5.56 Å². The zero-order valence-electron chi connectivity index (χ0n) is 15.3. The smallest absolute Gasteiger partial charge is 0.338 e. The molecule has 4 heteroatoms. The summed E-state index contributed by atoms with van der Waals surface area (Å²) in [4.78, 5) is 25.0. The number of rotatable bonds is 2. The molecular formula is C21H25NO3. The van der Waals surface area contributed by atoms with Gasteiger partial charge in [0.1, 0.15) is 0 Å². The first-order chi connectivity index (χ1) is 12.0. The summed E-state index contributed by atoms with van der Waals surface area (Å²) in [5, 5.41) is 0. The fourth-order valence-electron chi connectivity index (χ4n) is 3.82. The summed E-state index contributed by atoms with van der Waals surface area (Å²) < 4.78 is 6.79. The molecule has 0 N–H and O–H groups in total. The van der Waals surface area contributed by atoms with Gasteiger partial charge in [-0.3, -0.25) is 4.79 Å². The van der Waals surface area contributed by atoms with E-state index >= 15 is 0 Å². The second-order valence-corrected chi connectivity index (χ2v) is 6.97. The van der Waals surface area contributed by atoms with Crippen molar-refractivity contribution in [1.29, 1.82) is 0 Å². The maximum atomic E-state index is 12.5. The molecule has 1 heterocycles. The Labute approximate surface area is 148 Å². The molecule has 0 amide bonds. The van der Waals surface area contributed by atoms with Crippen molar-refractivity contribution in [3.05, 3.63) is 38.8 Å². The minimum atomic E-state index is -0.354. The van der Waals surface area contributed by atoms with E-state index in [2.05, 4.69) is 11.8 Å². The molecule has 132 valence electrons. The van der Waals surface area contributed by atoms with E-state index in [-0.39, 0.29) is 11.5 Å². The molecule has 1 aromatic heterocycles. The zero-order chi connectivity index (χ0) is 18.0. The lowest BCUT2D eigenvalue weighted by Crippen LogP contribution is -2.22. The third-order valence-corrected chi connectivity index (χ3v) is 5.09. The molecule has 25 heavy (non-hydrogen) atoms. The Morgan fingerprint density at radius 1 is 1.32 bits per heavy atom. The van der Waals surface area contributed by atoms with E-state index in [0.29, 0.717) is 35.6 Å². The van der Waals surface area contributed by atoms with Gasteiger partial charge in [0.05, 0.1) is 12.2 Å². The Bertz CT molecular complexity index is 842. The van der Waals surface area contributed by atoms with Crippen molar-refractivity contribution in [1.82, 2.24) is 4.57 Å². The lowest BCUT2D eigenvalue weighted by atomic mass is 9.89. The van der Waals surface area contributed by atoms with E-state index in [1.54, 1.807) is 24.7 Å². The highest BCUT2D eigenvalue weighted by Crippen LogP contribution is 2.34. The van der Waals surface area contributed by atoms with Crippen LogP contribution in [0.4, 0.5) is 0 Å². The van der Waals surface area contributed by atoms with Crippen molar-refractivity contribution in [2.24, 2.45) is 13.0 Å². The van der Waals surface area contributed by atoms with Gasteiger partial charge in [-0.05, 0) is 26.7 Å². The Kier molecular flexibility index (Phi) is 5.13. The van der Waals surface area contributed by atoms with E-state index in [0.717, 1.165) is 24.0 Å². The maximum Gasteiger partial charge on any atom is 0.338 e. The average Bonchev–Trinajstić information content (AvgIpc) is 2.95. The van der Waals surface area contributed by atoms with Crippen LogP contribution in [0, 0.1) is 17.8 Å². The molecule has 2 aliphatic rings. The summed E-state index contributed by atoms with van der Waals surface area (Å²) in [5.41, 5.74) is 3.49. The number of allylic oxidation sites excluding steroid dienone is 1. The van der Waals surface area contributed by atoms with Gasteiger partial charge in [-0.1, -0.05) is 36.7 Å². The minimum absolute atomic E-state index is 0.0585. The van der Waals surface area contributed by atoms with Crippen LogP contribution in [0.3, 0.4) is 0 Å². The normalized spacial score (nSPS) is 17.1. The molecule has 0 bridgehead atoms. The number of aromatic nitrogens is 1. The van der Waals surface area contributed by atoms with Gasteiger partial charge in [0.2, 0.25) is 0 Å². The lowest BCUT2D eigenvalue weighted by Gasteiger charge is -2.16. The van der Waals surface area contributed by atoms with Crippen LogP contribution in [-0.4, -0.2) is 17.1 Å². The van der Waals surface area contributed by atoms with Gasteiger partial charge in [0, 0.05) is 42.3 Å². The highest BCUT2D eigenvalue weighted by Gasteiger charge is 2.30. The van der Waals surface area contributed by atoms with Crippen molar-refractivity contribution >= 4 is 11.5 Å². The number of aryl methyl sites for hydroxylation is 1. The highest BCUT2D eigenvalue weighted by molar-refractivity contribution is 6.19. The van der Waals surface area contributed by atoms with Gasteiger partial charge >= 0.3 is 5.97 Å². The summed E-state index contributed by atoms with van der Waals surface area (Å²) in [5.74, 6) is 6.72. The second-order valence-electron chi connectivity index (χ2n) is 6.97. The molecule has 0 aliphatic heterocycles. The van der Waals surface area contributed by atoms with Crippen LogP contribution in [0.25, 0.3) is 5.57 Å². The summed E-state index contributed by atoms with van der Waals surface area (Å²) in [6.07, 6.45) is 8.29. The van der Waals surface area contributed by atoms with Gasteiger partial charge in [-0.2, -0.15) is 0 Å². The predicted octanol–water partition coefficient (Wildman–Crippen LogP) is 3.21. The second kappa shape index (κ2) is 7.31. The molecule has 3 rings (SSSR count). The minimum Gasteiger partial charge on any atom is -0.462 e. The molecular weight excluding hydrogens is 314 g/mol. The number of hydrogen-bond donors (Lipinski definition) is 0. The molecule has 0 spiro atoms. The molecule has 1 fully saturated rings. The van der Waals surface area contributed by atoms with Gasteiger partial charge < -0.3 is 9.30 Å². The van der Waals surface area contributed by atoms with E-state index in [1.165, 1.54) is 19.3 Å². The van der Waals surface area contributed by atoms with E-state index in [1.807, 2.05) is 6.92 Å². The van der Waals surface area contributed by atoms with Crippen LogP contribution in [0.1, 0.15) is 62.6 Å². The number of hydrogen-bond acceptors (Lipinski definition) is 3. The SMILES string of the molecule is CCOC(=O)C1=C(C)Cc2c1c(C#CC1CCCCC1)cn(C)c2=O. The summed E-state index contributed by atoms with van der Waals surface area (Å²) in [6.45, 7) is 4.00. The molecule has 0 saturated heterocycles. The molecule has 0 radical (unpaired) electrons. The Morgan fingerprint density at radius 3 is 2.72 bits per heavy atom. The van der Waals surface area contributed by atoms with Crippen LogP contribution in [0.2, 0.25) is 0 Å². The quantitative estimate of drug-likeness (QED) is 0.614. The average molecular weight is 339 g/mol. The molecule has 1 saturated carbocycles. The van der Waals surface area contributed by atoms with E-state index < -0.39 is 0 Å². The first-order valence-electron chi connectivity index (χ1n) is 9.14. The third kappa shape index (κ3) is 3.42. The monoisotopic (exact) mass is 339 g/mol. The highest BCUT2D eigenvalue weighted by atomic mass is 16.5.